The van der Waals surface area contributed by atoms with Gasteiger partial charge in [-0.05, 0) is 24.3 Å². The van der Waals surface area contributed by atoms with E-state index in [1.807, 2.05) is 0 Å². The van der Waals surface area contributed by atoms with Gasteiger partial charge in [0.2, 0.25) is 0 Å². The van der Waals surface area contributed by atoms with Gasteiger partial charge in [0.15, 0.2) is 0 Å². The van der Waals surface area contributed by atoms with Crippen LogP contribution >= 0.6 is 0 Å². The molecular formula is C8H12N4O2. The zero-order chi connectivity index (χ0) is 9.97. The molecule has 0 radical (unpaired) electrons. The molecular weight excluding hydrogens is 184 g/mol. The highest BCUT2D eigenvalue weighted by atomic mass is 16.6. The lowest BCUT2D eigenvalue weighted by atomic mass is 10.2. The van der Waals surface area contributed by atoms with Crippen molar-refractivity contribution in [3.63, 3.8) is 0 Å². The highest BCUT2D eigenvalue weighted by Gasteiger charge is 2.18. The third-order valence-electron chi connectivity index (χ3n) is 2.38. The summed E-state index contributed by atoms with van der Waals surface area (Å²) in [6.45, 7) is 1.75. The van der Waals surface area contributed by atoms with Gasteiger partial charge < -0.3 is 15.4 Å². The van der Waals surface area contributed by atoms with Crippen molar-refractivity contribution in [1.29, 1.82) is 0 Å². The molecule has 1 aromatic heterocycles. The summed E-state index contributed by atoms with van der Waals surface area (Å²) in [6.07, 6.45) is 3.94. The summed E-state index contributed by atoms with van der Waals surface area (Å²) in [6, 6.07) is 1.84. The molecule has 6 nitrogen and oxygen atoms in total. The second kappa shape index (κ2) is 3.75. The van der Waals surface area contributed by atoms with Gasteiger partial charge in [-0.3, -0.25) is 0 Å². The lowest BCUT2D eigenvalue weighted by Crippen LogP contribution is -2.26. The molecule has 14 heavy (non-hydrogen) atoms. The Balaban J connectivity index is 1.98. The van der Waals surface area contributed by atoms with Crippen LogP contribution in [-0.4, -0.2) is 27.3 Å². The van der Waals surface area contributed by atoms with Crippen LogP contribution in [0, 0.1) is 10.1 Å². The topological polar surface area (TPSA) is 73.0 Å². The maximum Gasteiger partial charge on any atom is 0.389 e. The van der Waals surface area contributed by atoms with E-state index in [0.717, 1.165) is 13.0 Å². The van der Waals surface area contributed by atoms with Gasteiger partial charge in [-0.25, -0.2) is 0 Å². The van der Waals surface area contributed by atoms with Gasteiger partial charge >= 0.3 is 5.82 Å². The van der Waals surface area contributed by atoms with Crippen LogP contribution in [0.4, 0.5) is 5.82 Å². The van der Waals surface area contributed by atoms with E-state index in [1.54, 1.807) is 10.9 Å². The Morgan fingerprint density at radius 1 is 1.79 bits per heavy atom. The third kappa shape index (κ3) is 1.90. The van der Waals surface area contributed by atoms with Crippen molar-refractivity contribution in [2.75, 3.05) is 6.54 Å². The maximum absolute atomic E-state index is 10.4. The predicted octanol–water partition coefficient (Wildman–Crippen LogP) is 0.543. The first-order valence-corrected chi connectivity index (χ1v) is 4.67. The number of nitro groups is 1. The van der Waals surface area contributed by atoms with Crippen molar-refractivity contribution in [1.82, 2.24) is 15.1 Å². The summed E-state index contributed by atoms with van der Waals surface area (Å²) in [5.74, 6) is -0.0806. The largest absolute Gasteiger partial charge is 0.389 e. The highest BCUT2D eigenvalue weighted by Crippen LogP contribution is 2.10. The molecule has 1 fully saturated rings. The van der Waals surface area contributed by atoms with Gasteiger partial charge in [0.25, 0.3) is 0 Å². The molecule has 0 unspecified atom stereocenters. The molecule has 6 heteroatoms. The summed E-state index contributed by atoms with van der Waals surface area (Å²) in [5.41, 5.74) is 0. The van der Waals surface area contributed by atoms with E-state index in [0.29, 0.717) is 12.6 Å². The first kappa shape index (κ1) is 9.14. The molecule has 0 amide bonds. The molecule has 0 aromatic carbocycles. The van der Waals surface area contributed by atoms with E-state index in [2.05, 4.69) is 10.4 Å². The van der Waals surface area contributed by atoms with Gasteiger partial charge in [0, 0.05) is 6.04 Å². The fraction of sp³-hybridized carbons (Fsp3) is 0.625. The number of aromatic nitrogens is 2. The van der Waals surface area contributed by atoms with Crippen LogP contribution in [0.2, 0.25) is 0 Å². The molecule has 1 aliphatic heterocycles. The zero-order valence-electron chi connectivity index (χ0n) is 7.72. The molecule has 1 aliphatic rings. The Bertz CT molecular complexity index is 330. The van der Waals surface area contributed by atoms with Crippen molar-refractivity contribution in [3.8, 4) is 0 Å². The molecule has 0 aliphatic carbocycles. The normalized spacial score (nSPS) is 21.3. The SMILES string of the molecule is O=[N+]([O-])c1ccn(C[C@@H]2CCCN2)n1. The predicted molar refractivity (Wildman–Crippen MR) is 49.9 cm³/mol. The van der Waals surface area contributed by atoms with Crippen LogP contribution in [0.15, 0.2) is 12.3 Å². The average molecular weight is 196 g/mol. The van der Waals surface area contributed by atoms with E-state index >= 15 is 0 Å². The Hall–Kier alpha value is -1.43. The van der Waals surface area contributed by atoms with E-state index in [9.17, 15) is 10.1 Å². The third-order valence-corrected chi connectivity index (χ3v) is 2.38. The quantitative estimate of drug-likeness (QED) is 0.565. The van der Waals surface area contributed by atoms with Crippen molar-refractivity contribution in [3.05, 3.63) is 22.4 Å². The molecule has 1 aromatic rings. The fourth-order valence-electron chi connectivity index (χ4n) is 1.69. The van der Waals surface area contributed by atoms with Crippen molar-refractivity contribution < 1.29 is 4.92 Å². The van der Waals surface area contributed by atoms with Crippen LogP contribution in [0.5, 0.6) is 0 Å². The molecule has 1 N–H and O–H groups in total. The van der Waals surface area contributed by atoms with Crippen molar-refractivity contribution in [2.24, 2.45) is 0 Å². The molecule has 1 saturated heterocycles. The molecule has 0 saturated carbocycles. The number of hydrogen-bond donors (Lipinski definition) is 1. The summed E-state index contributed by atoms with van der Waals surface area (Å²) in [5, 5.41) is 17.5. The Labute approximate surface area is 81.1 Å². The maximum atomic E-state index is 10.4. The average Bonchev–Trinajstić information content (AvgIpc) is 2.75. The monoisotopic (exact) mass is 196 g/mol. The Morgan fingerprint density at radius 3 is 3.21 bits per heavy atom. The summed E-state index contributed by atoms with van der Waals surface area (Å²) >= 11 is 0. The molecule has 0 spiro atoms. The number of rotatable bonds is 3. The van der Waals surface area contributed by atoms with Crippen LogP contribution in [0.25, 0.3) is 0 Å². The number of nitrogens with one attached hydrogen (secondary N) is 1. The van der Waals surface area contributed by atoms with Crippen LogP contribution < -0.4 is 5.32 Å². The van der Waals surface area contributed by atoms with Crippen LogP contribution in [0.1, 0.15) is 12.8 Å². The van der Waals surface area contributed by atoms with E-state index in [4.69, 9.17) is 0 Å². The Morgan fingerprint density at radius 2 is 2.64 bits per heavy atom. The zero-order valence-corrected chi connectivity index (χ0v) is 7.72. The number of hydrogen-bond acceptors (Lipinski definition) is 4. The summed E-state index contributed by atoms with van der Waals surface area (Å²) < 4.78 is 1.63. The van der Waals surface area contributed by atoms with Gasteiger partial charge in [-0.1, -0.05) is 0 Å². The van der Waals surface area contributed by atoms with Crippen molar-refractivity contribution >= 4 is 5.82 Å². The second-order valence-electron chi connectivity index (χ2n) is 3.45. The van der Waals surface area contributed by atoms with Crippen LogP contribution in [-0.2, 0) is 6.54 Å². The standard InChI is InChI=1S/C8H12N4O2/c13-12(14)8-3-5-11(10-8)6-7-2-1-4-9-7/h3,5,7,9H,1-2,4,6H2/t7-/m0/s1. The molecule has 2 heterocycles. The first-order chi connectivity index (χ1) is 6.75. The van der Waals surface area contributed by atoms with Gasteiger partial charge in [0.1, 0.15) is 0 Å². The lowest BCUT2D eigenvalue weighted by Gasteiger charge is -2.06. The van der Waals surface area contributed by atoms with E-state index in [-0.39, 0.29) is 5.82 Å². The minimum atomic E-state index is -0.474. The van der Waals surface area contributed by atoms with Crippen LogP contribution in [0.3, 0.4) is 0 Å². The molecule has 76 valence electrons. The van der Waals surface area contributed by atoms with Crippen molar-refractivity contribution in [2.45, 2.75) is 25.4 Å². The highest BCUT2D eigenvalue weighted by molar-refractivity contribution is 5.14. The minimum absolute atomic E-state index is 0.0806. The lowest BCUT2D eigenvalue weighted by molar-refractivity contribution is -0.389. The fourth-order valence-corrected chi connectivity index (χ4v) is 1.69. The number of nitrogens with zero attached hydrogens (tertiary/aromatic N) is 3. The second-order valence-corrected chi connectivity index (χ2v) is 3.45. The first-order valence-electron chi connectivity index (χ1n) is 4.67. The Kier molecular flexibility index (Phi) is 2.45. The van der Waals surface area contributed by atoms with E-state index < -0.39 is 4.92 Å². The molecule has 2 rings (SSSR count). The van der Waals surface area contributed by atoms with Gasteiger partial charge in [0.05, 0.1) is 23.9 Å². The summed E-state index contributed by atoms with van der Waals surface area (Å²) in [7, 11) is 0. The minimum Gasteiger partial charge on any atom is -0.358 e. The molecule has 0 bridgehead atoms. The smallest absolute Gasteiger partial charge is 0.358 e. The summed E-state index contributed by atoms with van der Waals surface area (Å²) in [4.78, 5) is 9.89. The molecule has 1 atom stereocenters. The van der Waals surface area contributed by atoms with Gasteiger partial charge in [-0.15, -0.1) is 0 Å². The van der Waals surface area contributed by atoms with Gasteiger partial charge in [-0.2, -0.15) is 4.68 Å². The van der Waals surface area contributed by atoms with E-state index in [1.165, 1.54) is 12.5 Å².